The second-order valence-electron chi connectivity index (χ2n) is 8.39. The van der Waals surface area contributed by atoms with Crippen molar-refractivity contribution in [1.82, 2.24) is 9.21 Å². The van der Waals surface area contributed by atoms with Crippen LogP contribution in [-0.2, 0) is 16.6 Å². The average molecular weight is 449 g/mol. The van der Waals surface area contributed by atoms with Crippen molar-refractivity contribution in [1.29, 1.82) is 0 Å². The highest BCUT2D eigenvalue weighted by Gasteiger charge is 2.34. The molecular weight excluding hydrogens is 419 g/mol. The quantitative estimate of drug-likeness (QED) is 0.675. The highest BCUT2D eigenvalue weighted by atomic mass is 32.2. The van der Waals surface area contributed by atoms with Crippen LogP contribution in [0.4, 0.5) is 4.39 Å². The predicted octanol–water partition coefficient (Wildman–Crippen LogP) is 3.77. The molecule has 2 aromatic rings. The van der Waals surface area contributed by atoms with E-state index in [1.54, 1.807) is 25.2 Å². The largest absolute Gasteiger partial charge is 0.495 e. The van der Waals surface area contributed by atoms with Crippen LogP contribution in [0.3, 0.4) is 0 Å². The molecule has 1 saturated heterocycles. The molecule has 2 aromatic carbocycles. The molecule has 1 amide bonds. The van der Waals surface area contributed by atoms with Crippen molar-refractivity contribution in [3.63, 3.8) is 0 Å². The normalized spacial score (nSPS) is 19.8. The Kier molecular flexibility index (Phi) is 7.01. The van der Waals surface area contributed by atoms with Gasteiger partial charge in [0.15, 0.2) is 0 Å². The number of sulfonamides is 1. The van der Waals surface area contributed by atoms with E-state index >= 15 is 0 Å². The van der Waals surface area contributed by atoms with E-state index in [1.807, 2.05) is 13.8 Å². The molecule has 3 rings (SSSR count). The summed E-state index contributed by atoms with van der Waals surface area (Å²) in [6.07, 6.45) is 0.975. The number of amides is 1. The van der Waals surface area contributed by atoms with Crippen LogP contribution in [0.5, 0.6) is 5.75 Å². The number of piperidine rings is 1. The maximum Gasteiger partial charge on any atom is 0.253 e. The Morgan fingerprint density at radius 2 is 1.81 bits per heavy atom. The molecule has 0 saturated carbocycles. The van der Waals surface area contributed by atoms with Crippen LogP contribution in [0.1, 0.15) is 36.2 Å². The lowest BCUT2D eigenvalue weighted by Gasteiger charge is -2.34. The Morgan fingerprint density at radius 1 is 1.16 bits per heavy atom. The average Bonchev–Trinajstić information content (AvgIpc) is 2.73. The van der Waals surface area contributed by atoms with Crippen LogP contribution in [0.2, 0.25) is 0 Å². The molecule has 8 heteroatoms. The van der Waals surface area contributed by atoms with Crippen molar-refractivity contribution in [2.75, 3.05) is 27.2 Å². The van der Waals surface area contributed by atoms with Gasteiger partial charge in [0.05, 0.1) is 7.11 Å². The number of carbonyl (C=O) groups excluding carboxylic acids is 1. The summed E-state index contributed by atoms with van der Waals surface area (Å²) in [7, 11) is -0.879. The summed E-state index contributed by atoms with van der Waals surface area (Å²) in [5.74, 6) is -0.0992. The molecule has 0 aliphatic carbocycles. The van der Waals surface area contributed by atoms with E-state index in [0.29, 0.717) is 18.7 Å². The smallest absolute Gasteiger partial charge is 0.253 e. The van der Waals surface area contributed by atoms with Gasteiger partial charge in [0.1, 0.15) is 16.5 Å². The van der Waals surface area contributed by atoms with Crippen molar-refractivity contribution >= 4 is 15.9 Å². The molecular formula is C23H29FN2O4S. The Balaban J connectivity index is 1.91. The number of methoxy groups -OCH3 is 1. The number of hydrogen-bond acceptors (Lipinski definition) is 4. The Hall–Kier alpha value is -2.45. The van der Waals surface area contributed by atoms with Crippen molar-refractivity contribution in [3.8, 4) is 5.75 Å². The van der Waals surface area contributed by atoms with Gasteiger partial charge in [-0.25, -0.2) is 12.8 Å². The maximum atomic E-state index is 14.0. The van der Waals surface area contributed by atoms with Gasteiger partial charge in [-0.05, 0) is 42.5 Å². The zero-order valence-corrected chi connectivity index (χ0v) is 19.2. The van der Waals surface area contributed by atoms with E-state index in [9.17, 15) is 17.6 Å². The lowest BCUT2D eigenvalue weighted by Crippen LogP contribution is -2.42. The van der Waals surface area contributed by atoms with Crippen LogP contribution in [0.15, 0.2) is 47.4 Å². The number of nitrogens with zero attached hydrogens (tertiary/aromatic N) is 2. The van der Waals surface area contributed by atoms with Crippen LogP contribution in [0, 0.1) is 17.7 Å². The van der Waals surface area contributed by atoms with Gasteiger partial charge >= 0.3 is 0 Å². The van der Waals surface area contributed by atoms with E-state index in [4.69, 9.17) is 4.74 Å². The first kappa shape index (κ1) is 23.2. The van der Waals surface area contributed by atoms with Crippen LogP contribution >= 0.6 is 0 Å². The number of carbonyl (C=O) groups is 1. The molecule has 1 aliphatic rings. The van der Waals surface area contributed by atoms with Crippen LogP contribution in [0.25, 0.3) is 0 Å². The molecule has 0 N–H and O–H groups in total. The van der Waals surface area contributed by atoms with E-state index < -0.39 is 21.7 Å². The van der Waals surface area contributed by atoms with Crippen molar-refractivity contribution in [3.05, 3.63) is 59.4 Å². The minimum Gasteiger partial charge on any atom is -0.495 e. The number of benzene rings is 2. The Labute approximate surface area is 183 Å². The molecule has 1 fully saturated rings. The van der Waals surface area contributed by atoms with Gasteiger partial charge in [-0.2, -0.15) is 4.31 Å². The minimum atomic E-state index is -3.84. The molecule has 6 nitrogen and oxygen atoms in total. The first-order valence-corrected chi connectivity index (χ1v) is 11.7. The summed E-state index contributed by atoms with van der Waals surface area (Å²) in [5, 5.41) is 0. The van der Waals surface area contributed by atoms with E-state index in [0.717, 1.165) is 6.42 Å². The molecule has 168 valence electrons. The van der Waals surface area contributed by atoms with Crippen molar-refractivity contribution < 1.29 is 22.3 Å². The standard InChI is InChI=1S/C23H29FN2O4S/c1-16-11-17(2)14-26(13-16)31(28,29)22-12-18(9-10-21(22)30-4)23(27)25(3)15-19-7-5-6-8-20(19)24/h5-10,12,16-17H,11,13-15H2,1-4H3. The lowest BCUT2D eigenvalue weighted by molar-refractivity contribution is 0.0783. The summed E-state index contributed by atoms with van der Waals surface area (Å²) in [6, 6.07) is 10.6. The van der Waals surface area contributed by atoms with Crippen molar-refractivity contribution in [2.24, 2.45) is 11.8 Å². The second kappa shape index (κ2) is 9.36. The molecule has 2 atom stereocenters. The predicted molar refractivity (Wildman–Crippen MR) is 117 cm³/mol. The van der Waals surface area contributed by atoms with Gasteiger partial charge < -0.3 is 9.64 Å². The number of ether oxygens (including phenoxy) is 1. The second-order valence-corrected chi connectivity index (χ2v) is 10.3. The fourth-order valence-electron chi connectivity index (χ4n) is 4.13. The summed E-state index contributed by atoms with van der Waals surface area (Å²) in [6.45, 7) is 5.00. The van der Waals surface area contributed by atoms with Gasteiger partial charge in [0.25, 0.3) is 5.91 Å². The Bertz CT molecular complexity index is 1050. The zero-order chi connectivity index (χ0) is 22.8. The van der Waals surface area contributed by atoms with Gasteiger partial charge in [0, 0.05) is 37.8 Å². The minimum absolute atomic E-state index is 0.0264. The molecule has 0 aromatic heterocycles. The molecule has 2 unspecified atom stereocenters. The lowest BCUT2D eigenvalue weighted by atomic mass is 9.94. The third kappa shape index (κ3) is 5.07. The molecule has 0 spiro atoms. The highest BCUT2D eigenvalue weighted by Crippen LogP contribution is 2.32. The molecule has 0 bridgehead atoms. The Morgan fingerprint density at radius 3 is 2.42 bits per heavy atom. The number of rotatable bonds is 6. The molecule has 1 heterocycles. The van der Waals surface area contributed by atoms with E-state index in [2.05, 4.69) is 0 Å². The summed E-state index contributed by atoms with van der Waals surface area (Å²) in [5.41, 5.74) is 0.590. The number of hydrogen-bond donors (Lipinski definition) is 0. The monoisotopic (exact) mass is 448 g/mol. The number of halogens is 1. The van der Waals surface area contributed by atoms with E-state index in [-0.39, 0.29) is 34.6 Å². The van der Waals surface area contributed by atoms with Gasteiger partial charge in [0.2, 0.25) is 10.0 Å². The molecule has 31 heavy (non-hydrogen) atoms. The van der Waals surface area contributed by atoms with Gasteiger partial charge in [-0.15, -0.1) is 0 Å². The SMILES string of the molecule is COc1ccc(C(=O)N(C)Cc2ccccc2F)cc1S(=O)(=O)N1CC(C)CC(C)C1. The van der Waals surface area contributed by atoms with Gasteiger partial charge in [-0.1, -0.05) is 32.0 Å². The third-order valence-electron chi connectivity index (χ3n) is 5.58. The summed E-state index contributed by atoms with van der Waals surface area (Å²) >= 11 is 0. The topological polar surface area (TPSA) is 66.9 Å². The summed E-state index contributed by atoms with van der Waals surface area (Å²) < 4.78 is 47.6. The third-order valence-corrected chi connectivity index (χ3v) is 7.43. The van der Waals surface area contributed by atoms with E-state index in [1.165, 1.54) is 40.6 Å². The summed E-state index contributed by atoms with van der Waals surface area (Å²) in [4.78, 5) is 14.3. The fourth-order valence-corrected chi connectivity index (χ4v) is 5.99. The molecule has 0 radical (unpaired) electrons. The van der Waals surface area contributed by atoms with Gasteiger partial charge in [-0.3, -0.25) is 4.79 Å². The maximum absolute atomic E-state index is 14.0. The fraction of sp³-hybridized carbons (Fsp3) is 0.435. The first-order chi connectivity index (χ1) is 14.6. The van der Waals surface area contributed by atoms with Crippen LogP contribution in [-0.4, -0.2) is 50.8 Å². The molecule has 1 aliphatic heterocycles. The highest BCUT2D eigenvalue weighted by molar-refractivity contribution is 7.89. The first-order valence-electron chi connectivity index (χ1n) is 10.3. The van der Waals surface area contributed by atoms with Crippen LogP contribution < -0.4 is 4.74 Å². The van der Waals surface area contributed by atoms with Crippen molar-refractivity contribution in [2.45, 2.75) is 31.7 Å². The zero-order valence-electron chi connectivity index (χ0n) is 18.3.